The summed E-state index contributed by atoms with van der Waals surface area (Å²) in [5.41, 5.74) is 2.94. The third-order valence-electron chi connectivity index (χ3n) is 4.95. The summed E-state index contributed by atoms with van der Waals surface area (Å²) in [5, 5.41) is 3.05. The molecule has 1 aliphatic heterocycles. The van der Waals surface area contributed by atoms with Gasteiger partial charge in [0, 0.05) is 18.3 Å². The van der Waals surface area contributed by atoms with Crippen molar-refractivity contribution in [3.05, 3.63) is 47.9 Å². The van der Waals surface area contributed by atoms with Gasteiger partial charge in [0.15, 0.2) is 5.82 Å². The third kappa shape index (κ3) is 2.98. The highest BCUT2D eigenvalue weighted by Gasteiger charge is 2.21. The molecule has 124 valence electrons. The number of nitrogens with one attached hydrogen (secondary N) is 1. The molecule has 1 aromatic heterocycles. The zero-order valence-electron chi connectivity index (χ0n) is 13.7. The first-order chi connectivity index (χ1) is 11.8. The van der Waals surface area contributed by atoms with Crippen molar-refractivity contribution in [2.75, 3.05) is 11.4 Å². The summed E-state index contributed by atoms with van der Waals surface area (Å²) in [4.78, 5) is 23.3. The van der Waals surface area contributed by atoms with Crippen LogP contribution in [0.2, 0.25) is 0 Å². The highest BCUT2D eigenvalue weighted by Crippen LogP contribution is 2.31. The monoisotopic (exact) mass is 322 g/mol. The molecule has 1 N–H and O–H groups in total. The number of hydrogen-bond acceptors (Lipinski definition) is 4. The molecule has 0 atom stereocenters. The Morgan fingerprint density at radius 3 is 2.71 bits per heavy atom. The van der Waals surface area contributed by atoms with E-state index in [2.05, 4.69) is 38.4 Å². The van der Waals surface area contributed by atoms with Crippen LogP contribution in [-0.2, 0) is 6.42 Å². The maximum Gasteiger partial charge on any atom is 0.271 e. The van der Waals surface area contributed by atoms with Crippen molar-refractivity contribution in [3.63, 3.8) is 0 Å². The molecule has 4 rings (SSSR count). The van der Waals surface area contributed by atoms with Gasteiger partial charge in [-0.15, -0.1) is 0 Å². The minimum absolute atomic E-state index is 0.111. The van der Waals surface area contributed by atoms with E-state index in [1.807, 2.05) is 6.07 Å². The van der Waals surface area contributed by atoms with Crippen LogP contribution in [0.1, 0.15) is 48.2 Å². The molecule has 0 bridgehead atoms. The summed E-state index contributed by atoms with van der Waals surface area (Å²) in [7, 11) is 0. The van der Waals surface area contributed by atoms with E-state index in [0.717, 1.165) is 38.0 Å². The molecule has 0 unspecified atom stereocenters. The molecule has 1 amide bonds. The van der Waals surface area contributed by atoms with Gasteiger partial charge in [0.05, 0.1) is 12.4 Å². The Labute approximate surface area is 142 Å². The normalized spacial score (nSPS) is 17.6. The molecule has 2 aromatic rings. The molecule has 0 spiro atoms. The minimum Gasteiger partial charge on any atom is -0.348 e. The Morgan fingerprint density at radius 2 is 1.92 bits per heavy atom. The fourth-order valence-corrected chi connectivity index (χ4v) is 3.68. The first-order valence-electron chi connectivity index (χ1n) is 8.79. The second kappa shape index (κ2) is 6.59. The molecular weight excluding hydrogens is 300 g/mol. The zero-order chi connectivity index (χ0) is 16.4. The van der Waals surface area contributed by atoms with Crippen LogP contribution in [0.25, 0.3) is 0 Å². The molecule has 1 aliphatic carbocycles. The Morgan fingerprint density at radius 1 is 1.08 bits per heavy atom. The molecule has 2 aliphatic rings. The van der Waals surface area contributed by atoms with Gasteiger partial charge in [-0.2, -0.15) is 0 Å². The number of benzene rings is 1. The molecule has 0 saturated heterocycles. The van der Waals surface area contributed by atoms with E-state index in [-0.39, 0.29) is 5.91 Å². The summed E-state index contributed by atoms with van der Waals surface area (Å²) in [5.74, 6) is 0.694. The summed E-state index contributed by atoms with van der Waals surface area (Å²) >= 11 is 0. The van der Waals surface area contributed by atoms with Crippen molar-refractivity contribution in [1.29, 1.82) is 0 Å². The van der Waals surface area contributed by atoms with Crippen molar-refractivity contribution >= 4 is 17.4 Å². The lowest BCUT2D eigenvalue weighted by atomic mass is 10.0. The maximum absolute atomic E-state index is 12.3. The average Bonchev–Trinajstić information content (AvgIpc) is 3.14. The highest BCUT2D eigenvalue weighted by molar-refractivity contribution is 5.92. The number of para-hydroxylation sites is 1. The molecule has 1 fully saturated rings. The number of nitrogens with zero attached hydrogens (tertiary/aromatic N) is 3. The molecule has 24 heavy (non-hydrogen) atoms. The number of rotatable bonds is 3. The molecule has 5 heteroatoms. The van der Waals surface area contributed by atoms with Gasteiger partial charge in [-0.3, -0.25) is 4.79 Å². The highest BCUT2D eigenvalue weighted by atomic mass is 16.1. The van der Waals surface area contributed by atoms with Gasteiger partial charge in [0.2, 0.25) is 0 Å². The van der Waals surface area contributed by atoms with E-state index in [1.54, 1.807) is 12.4 Å². The number of fused-ring (bicyclic) bond motifs is 1. The molecule has 1 aromatic carbocycles. The van der Waals surface area contributed by atoms with Gasteiger partial charge in [0.1, 0.15) is 5.69 Å². The Kier molecular flexibility index (Phi) is 4.15. The van der Waals surface area contributed by atoms with Crippen LogP contribution in [0.15, 0.2) is 36.7 Å². The van der Waals surface area contributed by atoms with Gasteiger partial charge in [-0.05, 0) is 37.3 Å². The van der Waals surface area contributed by atoms with Crippen LogP contribution in [0.4, 0.5) is 11.5 Å². The van der Waals surface area contributed by atoms with Crippen molar-refractivity contribution in [3.8, 4) is 0 Å². The molecule has 2 heterocycles. The maximum atomic E-state index is 12.3. The number of aromatic nitrogens is 2. The first-order valence-corrected chi connectivity index (χ1v) is 8.79. The van der Waals surface area contributed by atoms with Gasteiger partial charge in [0.25, 0.3) is 5.91 Å². The molecule has 0 radical (unpaired) electrons. The van der Waals surface area contributed by atoms with Gasteiger partial charge >= 0.3 is 0 Å². The smallest absolute Gasteiger partial charge is 0.271 e. The third-order valence-corrected chi connectivity index (χ3v) is 4.95. The number of anilines is 2. The average molecular weight is 322 g/mol. The number of aryl methyl sites for hydroxylation is 1. The second-order valence-electron chi connectivity index (χ2n) is 6.60. The van der Waals surface area contributed by atoms with E-state index < -0.39 is 0 Å². The first kappa shape index (κ1) is 15.1. The predicted octanol–water partition coefficient (Wildman–Crippen LogP) is 3.23. The van der Waals surface area contributed by atoms with E-state index in [4.69, 9.17) is 0 Å². The zero-order valence-corrected chi connectivity index (χ0v) is 13.7. The SMILES string of the molecule is O=C(NC1CCCC1)c1cnc(N2CCCc3ccccc32)cn1. The summed E-state index contributed by atoms with van der Waals surface area (Å²) in [6.45, 7) is 0.930. The van der Waals surface area contributed by atoms with E-state index in [9.17, 15) is 4.79 Å². The van der Waals surface area contributed by atoms with Crippen molar-refractivity contribution in [2.45, 2.75) is 44.6 Å². The Hall–Kier alpha value is -2.43. The Bertz CT molecular complexity index is 722. The number of carbonyl (C=O) groups excluding carboxylic acids is 1. The van der Waals surface area contributed by atoms with Crippen LogP contribution in [0, 0.1) is 0 Å². The Balaban J connectivity index is 1.51. The summed E-state index contributed by atoms with van der Waals surface area (Å²) < 4.78 is 0. The van der Waals surface area contributed by atoms with E-state index >= 15 is 0 Å². The van der Waals surface area contributed by atoms with Crippen molar-refractivity contribution < 1.29 is 4.79 Å². The van der Waals surface area contributed by atoms with Crippen molar-refractivity contribution in [2.24, 2.45) is 0 Å². The van der Waals surface area contributed by atoms with Crippen LogP contribution < -0.4 is 10.2 Å². The van der Waals surface area contributed by atoms with Crippen LogP contribution in [0.3, 0.4) is 0 Å². The number of hydrogen-bond donors (Lipinski definition) is 1. The van der Waals surface area contributed by atoms with Gasteiger partial charge < -0.3 is 10.2 Å². The van der Waals surface area contributed by atoms with Crippen LogP contribution >= 0.6 is 0 Å². The van der Waals surface area contributed by atoms with Crippen LogP contribution in [-0.4, -0.2) is 28.5 Å². The molecule has 1 saturated carbocycles. The minimum atomic E-state index is -0.111. The quantitative estimate of drug-likeness (QED) is 0.942. The van der Waals surface area contributed by atoms with Crippen LogP contribution in [0.5, 0.6) is 0 Å². The fraction of sp³-hybridized carbons (Fsp3) is 0.421. The standard InChI is InChI=1S/C19H22N4O/c24-19(22-15-8-2-3-9-15)16-12-21-18(13-20-16)23-11-5-7-14-6-1-4-10-17(14)23/h1,4,6,10,12-13,15H,2-3,5,7-9,11H2,(H,22,24). The second-order valence-corrected chi connectivity index (χ2v) is 6.60. The van der Waals surface area contributed by atoms with Gasteiger partial charge in [-0.25, -0.2) is 9.97 Å². The number of carbonyl (C=O) groups is 1. The van der Waals surface area contributed by atoms with E-state index in [0.29, 0.717) is 11.7 Å². The lowest BCUT2D eigenvalue weighted by Crippen LogP contribution is -2.33. The predicted molar refractivity (Wildman–Crippen MR) is 93.5 cm³/mol. The summed E-state index contributed by atoms with van der Waals surface area (Å²) in [6, 6.07) is 8.71. The lowest BCUT2D eigenvalue weighted by Gasteiger charge is -2.30. The molecular formula is C19H22N4O. The number of amides is 1. The molecule has 5 nitrogen and oxygen atoms in total. The largest absolute Gasteiger partial charge is 0.348 e. The van der Waals surface area contributed by atoms with Crippen molar-refractivity contribution in [1.82, 2.24) is 15.3 Å². The fourth-order valence-electron chi connectivity index (χ4n) is 3.68. The van der Waals surface area contributed by atoms with E-state index in [1.165, 1.54) is 24.1 Å². The summed E-state index contributed by atoms with van der Waals surface area (Å²) in [6.07, 6.45) is 10.0. The lowest BCUT2D eigenvalue weighted by molar-refractivity contribution is 0.0932. The van der Waals surface area contributed by atoms with Gasteiger partial charge in [-0.1, -0.05) is 31.0 Å². The topological polar surface area (TPSA) is 58.1 Å².